The fourth-order valence-corrected chi connectivity index (χ4v) is 2.62. The minimum Gasteiger partial charge on any atom is -0.481 e. The lowest BCUT2D eigenvalue weighted by Gasteiger charge is -2.27. The third-order valence-electron chi connectivity index (χ3n) is 3.72. The zero-order valence-corrected chi connectivity index (χ0v) is 12.2. The maximum Gasteiger partial charge on any atom is 0.308 e. The summed E-state index contributed by atoms with van der Waals surface area (Å²) in [6, 6.07) is 1.82. The van der Waals surface area contributed by atoms with Crippen molar-refractivity contribution in [3.05, 3.63) is 22.8 Å². The molecule has 0 amide bonds. The number of aliphatic carboxylic acids is 1. The highest BCUT2D eigenvalue weighted by molar-refractivity contribution is 6.33. The second-order valence-corrected chi connectivity index (χ2v) is 5.44. The zero-order valence-electron chi connectivity index (χ0n) is 11.4. The molecule has 1 unspecified atom stereocenters. The fourth-order valence-electron chi connectivity index (χ4n) is 2.44. The molecule has 1 aromatic heterocycles. The Balaban J connectivity index is 2.01. The molecule has 1 aromatic rings. The number of nitrogens with one attached hydrogen (secondary N) is 1. The van der Waals surface area contributed by atoms with Gasteiger partial charge in [-0.25, -0.2) is 4.98 Å². The summed E-state index contributed by atoms with van der Waals surface area (Å²) >= 11 is 6.15. The van der Waals surface area contributed by atoms with Gasteiger partial charge in [-0.1, -0.05) is 11.6 Å². The van der Waals surface area contributed by atoms with Crippen molar-refractivity contribution in [1.82, 2.24) is 4.98 Å². The summed E-state index contributed by atoms with van der Waals surface area (Å²) in [4.78, 5) is 15.6. The molecule has 0 saturated carbocycles. The van der Waals surface area contributed by atoms with Crippen LogP contribution in [0.4, 0.5) is 5.82 Å². The lowest BCUT2D eigenvalue weighted by molar-refractivity contribution is -0.144. The van der Waals surface area contributed by atoms with E-state index in [1.165, 1.54) is 0 Å². The van der Waals surface area contributed by atoms with Crippen LogP contribution >= 0.6 is 11.6 Å². The molecule has 1 atom stereocenters. The molecule has 1 saturated heterocycles. The number of nitrogens with zero attached hydrogens (tertiary/aromatic N) is 1. The number of ether oxygens (including phenoxy) is 1. The van der Waals surface area contributed by atoms with Crippen molar-refractivity contribution >= 4 is 23.4 Å². The van der Waals surface area contributed by atoms with E-state index in [1.807, 2.05) is 13.0 Å². The molecule has 0 radical (unpaired) electrons. The van der Waals surface area contributed by atoms with E-state index in [4.69, 9.17) is 16.3 Å². The van der Waals surface area contributed by atoms with Gasteiger partial charge in [0.15, 0.2) is 0 Å². The predicted molar refractivity (Wildman–Crippen MR) is 77.1 cm³/mol. The van der Waals surface area contributed by atoms with Crippen LogP contribution in [0.3, 0.4) is 0 Å². The molecule has 2 N–H and O–H groups in total. The highest BCUT2D eigenvalue weighted by atomic mass is 35.5. The van der Waals surface area contributed by atoms with E-state index in [1.54, 1.807) is 6.20 Å². The Bertz CT molecular complexity index is 475. The van der Waals surface area contributed by atoms with E-state index in [-0.39, 0.29) is 5.92 Å². The van der Waals surface area contributed by atoms with Crippen molar-refractivity contribution < 1.29 is 14.6 Å². The topological polar surface area (TPSA) is 71.5 Å². The number of aryl methyl sites for hydroxylation is 1. The molecule has 5 nitrogen and oxygen atoms in total. The van der Waals surface area contributed by atoms with Crippen molar-refractivity contribution in [3.63, 3.8) is 0 Å². The number of carboxylic acids is 1. The zero-order chi connectivity index (χ0) is 14.5. The molecule has 2 rings (SSSR count). The Morgan fingerprint density at radius 3 is 2.95 bits per heavy atom. The molecule has 0 aliphatic carbocycles. The molecule has 2 heterocycles. The van der Waals surface area contributed by atoms with E-state index in [0.29, 0.717) is 30.6 Å². The van der Waals surface area contributed by atoms with Crippen LogP contribution in [0.25, 0.3) is 0 Å². The van der Waals surface area contributed by atoms with E-state index in [9.17, 15) is 9.90 Å². The van der Waals surface area contributed by atoms with Crippen LogP contribution in [0.1, 0.15) is 18.4 Å². The van der Waals surface area contributed by atoms with Gasteiger partial charge in [-0.2, -0.15) is 0 Å². The van der Waals surface area contributed by atoms with Crippen LogP contribution in [0, 0.1) is 18.8 Å². The van der Waals surface area contributed by atoms with Gasteiger partial charge in [0.2, 0.25) is 0 Å². The molecule has 1 aliphatic rings. The van der Waals surface area contributed by atoms with Crippen LogP contribution in [-0.2, 0) is 9.53 Å². The summed E-state index contributed by atoms with van der Waals surface area (Å²) in [6.45, 7) is 3.49. The SMILES string of the molecule is Cc1ccnc(NCC(C(=O)O)C2CCOCC2)c1Cl. The minimum atomic E-state index is -0.784. The van der Waals surface area contributed by atoms with Crippen LogP contribution in [0.5, 0.6) is 0 Å². The maximum absolute atomic E-state index is 11.4. The molecular weight excluding hydrogens is 280 g/mol. The number of pyridine rings is 1. The quantitative estimate of drug-likeness (QED) is 0.874. The van der Waals surface area contributed by atoms with Gasteiger partial charge >= 0.3 is 5.97 Å². The van der Waals surface area contributed by atoms with Gasteiger partial charge in [-0.3, -0.25) is 4.79 Å². The minimum absolute atomic E-state index is 0.136. The van der Waals surface area contributed by atoms with Crippen molar-refractivity contribution in [1.29, 1.82) is 0 Å². The first kappa shape index (κ1) is 15.1. The Morgan fingerprint density at radius 1 is 1.60 bits per heavy atom. The smallest absolute Gasteiger partial charge is 0.308 e. The van der Waals surface area contributed by atoms with Gasteiger partial charge in [-0.15, -0.1) is 0 Å². The van der Waals surface area contributed by atoms with Crippen LogP contribution in [0.2, 0.25) is 5.02 Å². The lowest BCUT2D eigenvalue weighted by Crippen LogP contribution is -2.34. The van der Waals surface area contributed by atoms with Gasteiger partial charge in [0.25, 0.3) is 0 Å². The first-order valence-electron chi connectivity index (χ1n) is 6.75. The average molecular weight is 299 g/mol. The number of halogens is 1. The van der Waals surface area contributed by atoms with Crippen molar-refractivity contribution in [2.45, 2.75) is 19.8 Å². The van der Waals surface area contributed by atoms with Gasteiger partial charge in [-0.05, 0) is 37.3 Å². The third-order valence-corrected chi connectivity index (χ3v) is 4.20. The first-order chi connectivity index (χ1) is 9.59. The first-order valence-corrected chi connectivity index (χ1v) is 7.13. The molecule has 1 aliphatic heterocycles. The Labute approximate surface area is 123 Å². The van der Waals surface area contributed by atoms with Gasteiger partial charge in [0.1, 0.15) is 5.82 Å². The summed E-state index contributed by atoms with van der Waals surface area (Å²) in [7, 11) is 0. The molecule has 0 spiro atoms. The number of carboxylic acid groups (broad SMARTS) is 1. The monoisotopic (exact) mass is 298 g/mol. The van der Waals surface area contributed by atoms with Crippen molar-refractivity contribution in [3.8, 4) is 0 Å². The van der Waals surface area contributed by atoms with E-state index in [2.05, 4.69) is 10.3 Å². The predicted octanol–water partition coefficient (Wildman–Crippen LogP) is 2.58. The number of hydrogen-bond acceptors (Lipinski definition) is 4. The van der Waals surface area contributed by atoms with Crippen LogP contribution < -0.4 is 5.32 Å². The molecular formula is C14H19ClN2O3. The van der Waals surface area contributed by atoms with Gasteiger partial charge in [0.05, 0.1) is 10.9 Å². The van der Waals surface area contributed by atoms with Crippen LogP contribution in [-0.4, -0.2) is 35.8 Å². The maximum atomic E-state index is 11.4. The second-order valence-electron chi connectivity index (χ2n) is 5.07. The Kier molecular flexibility index (Phi) is 5.20. The summed E-state index contributed by atoms with van der Waals surface area (Å²) in [5.74, 6) is -0.548. The number of rotatable bonds is 5. The van der Waals surface area contributed by atoms with Crippen molar-refractivity contribution in [2.75, 3.05) is 25.1 Å². The number of anilines is 1. The highest BCUT2D eigenvalue weighted by Crippen LogP contribution is 2.27. The summed E-state index contributed by atoms with van der Waals surface area (Å²) < 4.78 is 5.28. The van der Waals surface area contributed by atoms with Crippen molar-refractivity contribution in [2.24, 2.45) is 11.8 Å². The number of aromatic nitrogens is 1. The Hall–Kier alpha value is -1.33. The van der Waals surface area contributed by atoms with E-state index < -0.39 is 11.9 Å². The third kappa shape index (κ3) is 3.61. The lowest BCUT2D eigenvalue weighted by atomic mass is 9.86. The molecule has 20 heavy (non-hydrogen) atoms. The van der Waals surface area contributed by atoms with Gasteiger partial charge < -0.3 is 15.2 Å². The largest absolute Gasteiger partial charge is 0.481 e. The summed E-state index contributed by atoms with van der Waals surface area (Å²) in [6.07, 6.45) is 3.23. The molecule has 0 aromatic carbocycles. The molecule has 110 valence electrons. The van der Waals surface area contributed by atoms with Gasteiger partial charge in [0, 0.05) is 26.0 Å². The summed E-state index contributed by atoms with van der Waals surface area (Å²) in [5, 5.41) is 13.0. The normalized spacial score (nSPS) is 17.7. The van der Waals surface area contributed by atoms with E-state index >= 15 is 0 Å². The Morgan fingerprint density at radius 2 is 2.30 bits per heavy atom. The average Bonchev–Trinajstić information content (AvgIpc) is 2.44. The standard InChI is InChI=1S/C14H19ClN2O3/c1-9-2-5-16-13(12(9)15)17-8-11(14(18)19)10-3-6-20-7-4-10/h2,5,10-11H,3-4,6-8H2,1H3,(H,16,17)(H,18,19). The number of carbonyl (C=O) groups is 1. The summed E-state index contributed by atoms with van der Waals surface area (Å²) in [5.41, 5.74) is 0.919. The molecule has 1 fully saturated rings. The fraction of sp³-hybridized carbons (Fsp3) is 0.571. The van der Waals surface area contributed by atoms with E-state index in [0.717, 1.165) is 18.4 Å². The molecule has 6 heteroatoms. The van der Waals surface area contributed by atoms with Crippen LogP contribution in [0.15, 0.2) is 12.3 Å². The molecule has 0 bridgehead atoms. The highest BCUT2D eigenvalue weighted by Gasteiger charge is 2.29. The second kappa shape index (κ2) is 6.90. The number of hydrogen-bond donors (Lipinski definition) is 2.